The zero-order chi connectivity index (χ0) is 17.3. The lowest BCUT2D eigenvalue weighted by Crippen LogP contribution is -2.03. The van der Waals surface area contributed by atoms with E-state index in [1.54, 1.807) is 35.1 Å². The second kappa shape index (κ2) is 6.67. The number of phenols is 1. The molecule has 2 aromatic carbocycles. The van der Waals surface area contributed by atoms with Gasteiger partial charge in [-0.3, -0.25) is 9.48 Å². The SMILES string of the molecule is Cc1ccc(O)c(C(=O)c2cnn(Cc3ccc(Cl)cc3Cl)c2)c1. The quantitative estimate of drug-likeness (QED) is 0.697. The van der Waals surface area contributed by atoms with Gasteiger partial charge in [-0.2, -0.15) is 5.10 Å². The Balaban J connectivity index is 1.85. The number of phenolic OH excluding ortho intramolecular Hbond substituents is 1. The molecule has 122 valence electrons. The Morgan fingerprint density at radius 3 is 2.75 bits per heavy atom. The normalized spacial score (nSPS) is 10.8. The number of aryl methyl sites for hydroxylation is 1. The van der Waals surface area contributed by atoms with E-state index in [0.717, 1.165) is 11.1 Å². The molecule has 0 saturated carbocycles. The Morgan fingerprint density at radius 1 is 1.21 bits per heavy atom. The first-order chi connectivity index (χ1) is 11.4. The molecule has 0 aliphatic rings. The van der Waals surface area contributed by atoms with Crippen LogP contribution in [0.1, 0.15) is 27.0 Å². The van der Waals surface area contributed by atoms with Gasteiger partial charge in [0.1, 0.15) is 5.75 Å². The van der Waals surface area contributed by atoms with Crippen molar-refractivity contribution in [3.63, 3.8) is 0 Å². The van der Waals surface area contributed by atoms with E-state index < -0.39 is 0 Å². The van der Waals surface area contributed by atoms with Gasteiger partial charge in [-0.05, 0) is 36.8 Å². The molecule has 1 aromatic heterocycles. The summed E-state index contributed by atoms with van der Waals surface area (Å²) in [5.41, 5.74) is 2.41. The monoisotopic (exact) mass is 360 g/mol. The summed E-state index contributed by atoms with van der Waals surface area (Å²) in [5.74, 6) is -0.316. The average molecular weight is 361 g/mol. The van der Waals surface area contributed by atoms with Crippen LogP contribution in [0.3, 0.4) is 0 Å². The van der Waals surface area contributed by atoms with Gasteiger partial charge >= 0.3 is 0 Å². The van der Waals surface area contributed by atoms with Crippen LogP contribution in [0.2, 0.25) is 10.0 Å². The van der Waals surface area contributed by atoms with Crippen molar-refractivity contribution in [2.75, 3.05) is 0 Å². The number of carbonyl (C=O) groups is 1. The molecule has 0 atom stereocenters. The van der Waals surface area contributed by atoms with Crippen molar-refractivity contribution in [2.45, 2.75) is 13.5 Å². The molecular formula is C18H14Cl2N2O2. The number of ketones is 1. The predicted octanol–water partition coefficient (Wildman–Crippen LogP) is 4.48. The fourth-order valence-electron chi connectivity index (χ4n) is 2.38. The zero-order valence-electron chi connectivity index (χ0n) is 12.8. The molecule has 24 heavy (non-hydrogen) atoms. The van der Waals surface area contributed by atoms with Crippen molar-refractivity contribution < 1.29 is 9.90 Å². The Hall–Kier alpha value is -2.30. The molecule has 3 rings (SSSR count). The van der Waals surface area contributed by atoms with E-state index in [2.05, 4.69) is 5.10 Å². The number of nitrogens with zero attached hydrogens (tertiary/aromatic N) is 2. The van der Waals surface area contributed by atoms with Gasteiger partial charge in [-0.25, -0.2) is 0 Å². The van der Waals surface area contributed by atoms with Crippen molar-refractivity contribution in [3.8, 4) is 5.75 Å². The summed E-state index contributed by atoms with van der Waals surface area (Å²) >= 11 is 12.0. The highest BCUT2D eigenvalue weighted by atomic mass is 35.5. The Bertz CT molecular complexity index is 919. The van der Waals surface area contributed by atoms with Crippen molar-refractivity contribution in [1.82, 2.24) is 9.78 Å². The number of benzene rings is 2. The minimum atomic E-state index is -0.273. The van der Waals surface area contributed by atoms with Crippen molar-refractivity contribution in [2.24, 2.45) is 0 Å². The van der Waals surface area contributed by atoms with E-state index in [9.17, 15) is 9.90 Å². The number of rotatable bonds is 4. The lowest BCUT2D eigenvalue weighted by Gasteiger charge is -2.05. The third-order valence-electron chi connectivity index (χ3n) is 3.64. The summed E-state index contributed by atoms with van der Waals surface area (Å²) in [5, 5.41) is 15.2. The van der Waals surface area contributed by atoms with Gasteiger partial charge in [-0.1, -0.05) is 40.9 Å². The van der Waals surface area contributed by atoms with Gasteiger partial charge in [0.2, 0.25) is 0 Å². The van der Waals surface area contributed by atoms with Crippen LogP contribution < -0.4 is 0 Å². The fourth-order valence-corrected chi connectivity index (χ4v) is 2.85. The molecule has 0 fully saturated rings. The molecule has 0 radical (unpaired) electrons. The average Bonchev–Trinajstić information content (AvgIpc) is 3.00. The van der Waals surface area contributed by atoms with Crippen LogP contribution in [0, 0.1) is 6.92 Å². The molecule has 4 nitrogen and oxygen atoms in total. The van der Waals surface area contributed by atoms with Crippen LogP contribution in [0.15, 0.2) is 48.8 Å². The molecule has 3 aromatic rings. The number of hydrogen-bond donors (Lipinski definition) is 1. The van der Waals surface area contributed by atoms with Gasteiger partial charge in [0, 0.05) is 16.2 Å². The molecule has 0 unspecified atom stereocenters. The van der Waals surface area contributed by atoms with E-state index in [1.807, 2.05) is 13.0 Å². The lowest BCUT2D eigenvalue weighted by atomic mass is 10.0. The summed E-state index contributed by atoms with van der Waals surface area (Å²) in [4.78, 5) is 12.5. The van der Waals surface area contributed by atoms with Gasteiger partial charge in [0.15, 0.2) is 5.78 Å². The minimum absolute atomic E-state index is 0.0425. The third-order valence-corrected chi connectivity index (χ3v) is 4.23. The topological polar surface area (TPSA) is 55.1 Å². The number of hydrogen-bond acceptors (Lipinski definition) is 3. The molecule has 0 spiro atoms. The van der Waals surface area contributed by atoms with Gasteiger partial charge in [0.05, 0.1) is 23.9 Å². The molecule has 0 aliphatic carbocycles. The van der Waals surface area contributed by atoms with Crippen molar-refractivity contribution in [3.05, 3.63) is 81.1 Å². The van der Waals surface area contributed by atoms with Crippen LogP contribution >= 0.6 is 23.2 Å². The number of aromatic nitrogens is 2. The molecular weight excluding hydrogens is 347 g/mol. The summed E-state index contributed by atoms with van der Waals surface area (Å²) in [6.45, 7) is 2.28. The molecule has 0 amide bonds. The van der Waals surface area contributed by atoms with Gasteiger partial charge in [-0.15, -0.1) is 0 Å². The summed E-state index contributed by atoms with van der Waals surface area (Å²) in [7, 11) is 0. The predicted molar refractivity (Wildman–Crippen MR) is 94.1 cm³/mol. The lowest BCUT2D eigenvalue weighted by molar-refractivity contribution is 0.103. The van der Waals surface area contributed by atoms with Crippen molar-refractivity contribution >= 4 is 29.0 Å². The van der Waals surface area contributed by atoms with Crippen LogP contribution in [-0.2, 0) is 6.54 Å². The van der Waals surface area contributed by atoms with E-state index in [-0.39, 0.29) is 17.1 Å². The molecule has 0 aliphatic heterocycles. The highest BCUT2D eigenvalue weighted by Gasteiger charge is 2.16. The maximum absolute atomic E-state index is 12.5. The molecule has 6 heteroatoms. The second-order valence-corrected chi connectivity index (χ2v) is 6.36. The Morgan fingerprint density at radius 2 is 2.00 bits per heavy atom. The summed E-state index contributed by atoms with van der Waals surface area (Å²) in [6, 6.07) is 10.2. The van der Waals surface area contributed by atoms with Gasteiger partial charge in [0.25, 0.3) is 0 Å². The van der Waals surface area contributed by atoms with E-state index >= 15 is 0 Å². The maximum atomic E-state index is 12.5. The summed E-state index contributed by atoms with van der Waals surface area (Å²) < 4.78 is 1.62. The first-order valence-electron chi connectivity index (χ1n) is 7.25. The second-order valence-electron chi connectivity index (χ2n) is 5.51. The first kappa shape index (κ1) is 16.6. The summed E-state index contributed by atoms with van der Waals surface area (Å²) in [6.07, 6.45) is 3.11. The van der Waals surface area contributed by atoms with Crippen LogP contribution in [0.25, 0.3) is 0 Å². The molecule has 1 N–H and O–H groups in total. The van der Waals surface area contributed by atoms with E-state index in [0.29, 0.717) is 22.2 Å². The Kier molecular flexibility index (Phi) is 4.60. The smallest absolute Gasteiger partial charge is 0.199 e. The van der Waals surface area contributed by atoms with Crippen molar-refractivity contribution in [1.29, 1.82) is 0 Å². The third kappa shape index (κ3) is 3.45. The largest absolute Gasteiger partial charge is 0.507 e. The molecule has 0 bridgehead atoms. The highest BCUT2D eigenvalue weighted by molar-refractivity contribution is 6.35. The number of aromatic hydroxyl groups is 1. The molecule has 0 saturated heterocycles. The van der Waals surface area contributed by atoms with E-state index in [4.69, 9.17) is 23.2 Å². The minimum Gasteiger partial charge on any atom is -0.507 e. The highest BCUT2D eigenvalue weighted by Crippen LogP contribution is 2.23. The van der Waals surface area contributed by atoms with Crippen LogP contribution in [0.4, 0.5) is 0 Å². The maximum Gasteiger partial charge on any atom is 0.199 e. The van der Waals surface area contributed by atoms with Gasteiger partial charge < -0.3 is 5.11 Å². The van der Waals surface area contributed by atoms with E-state index in [1.165, 1.54) is 12.3 Å². The zero-order valence-corrected chi connectivity index (χ0v) is 14.3. The number of carbonyl (C=O) groups excluding carboxylic acids is 1. The Labute approximate surface area is 149 Å². The first-order valence-corrected chi connectivity index (χ1v) is 8.00. The fraction of sp³-hybridized carbons (Fsp3) is 0.111. The van der Waals surface area contributed by atoms with Crippen LogP contribution in [-0.4, -0.2) is 20.7 Å². The van der Waals surface area contributed by atoms with Crippen LogP contribution in [0.5, 0.6) is 5.75 Å². The standard InChI is InChI=1S/C18H14Cl2N2O2/c1-11-2-5-17(23)15(6-11)18(24)13-8-21-22(10-13)9-12-3-4-14(19)7-16(12)20/h2-8,10,23H,9H2,1H3. The molecule has 1 heterocycles. The number of halogens is 2.